The van der Waals surface area contributed by atoms with E-state index >= 15 is 0 Å². The topological polar surface area (TPSA) is 120 Å². The first-order chi connectivity index (χ1) is 19.5. The monoisotopic (exact) mass is 588 g/mol. The molecule has 0 fully saturated rings. The minimum absolute atomic E-state index is 0.00122. The Morgan fingerprint density at radius 3 is 2.37 bits per heavy atom. The lowest BCUT2D eigenvalue weighted by atomic mass is 9.96. The summed E-state index contributed by atoms with van der Waals surface area (Å²) in [5, 5.41) is 19.6. The Balaban J connectivity index is 0.000000629. The standard InChI is InChI=1S/C24H38N4O5.C7H7Cl/c1-5-16(2)21-24(32)28(4)22(17(3)29)23(31)27-15-20(30)25-12-8-10-18-9-6-7-11-19(18)33-14-13-26-21;1-6-2-4-7(8)5-3-6/h6-7,9,11,16-17,21-22,26,29H,5,8,10,12-15H2,1-4H3,(H,25,30)(H,27,31);2-5H,1H3. The maximum absolute atomic E-state index is 13.3. The zero-order chi connectivity index (χ0) is 30.4. The van der Waals surface area contributed by atoms with Gasteiger partial charge in [0, 0.05) is 25.2 Å². The van der Waals surface area contributed by atoms with Crippen molar-refractivity contribution < 1.29 is 24.2 Å². The van der Waals surface area contributed by atoms with Crippen LogP contribution in [0.1, 0.15) is 44.7 Å². The Kier molecular flexibility index (Phi) is 14.6. The van der Waals surface area contributed by atoms with Gasteiger partial charge in [-0.05, 0) is 56.4 Å². The van der Waals surface area contributed by atoms with Crippen LogP contribution in [0.2, 0.25) is 5.02 Å². The van der Waals surface area contributed by atoms with E-state index in [4.69, 9.17) is 16.3 Å². The highest BCUT2D eigenvalue weighted by atomic mass is 35.5. The van der Waals surface area contributed by atoms with E-state index in [-0.39, 0.29) is 24.3 Å². The molecule has 4 atom stereocenters. The normalized spacial score (nSPS) is 21.0. The maximum atomic E-state index is 13.3. The van der Waals surface area contributed by atoms with Gasteiger partial charge in [0.2, 0.25) is 17.7 Å². The van der Waals surface area contributed by atoms with Crippen molar-refractivity contribution >= 4 is 29.3 Å². The van der Waals surface area contributed by atoms with Crippen LogP contribution in [0.25, 0.3) is 0 Å². The van der Waals surface area contributed by atoms with E-state index in [0.717, 1.165) is 35.6 Å². The Hall–Kier alpha value is -3.14. The molecule has 4 N–H and O–H groups in total. The minimum Gasteiger partial charge on any atom is -0.492 e. The second-order valence-electron chi connectivity index (χ2n) is 10.4. The summed E-state index contributed by atoms with van der Waals surface area (Å²) in [4.78, 5) is 39.5. The predicted molar refractivity (Wildman–Crippen MR) is 162 cm³/mol. The molecular weight excluding hydrogens is 544 g/mol. The number of para-hydroxylation sites is 1. The zero-order valence-electron chi connectivity index (χ0n) is 24.8. The van der Waals surface area contributed by atoms with E-state index in [1.54, 1.807) is 0 Å². The van der Waals surface area contributed by atoms with E-state index in [1.807, 2.05) is 69.3 Å². The second-order valence-corrected chi connectivity index (χ2v) is 10.8. The van der Waals surface area contributed by atoms with Gasteiger partial charge < -0.3 is 30.7 Å². The SMILES string of the molecule is CCC(C)C1NCCOc2ccccc2CCCNC(=O)CNC(=O)C(C(C)O)N(C)C1=O.Cc1ccc(Cl)cc1. The molecule has 1 aliphatic rings. The summed E-state index contributed by atoms with van der Waals surface area (Å²) in [5.74, 6) is -0.404. The number of aryl methyl sites for hydroxylation is 2. The number of likely N-dealkylation sites (N-methyl/N-ethyl adjacent to an activating group) is 1. The van der Waals surface area contributed by atoms with Gasteiger partial charge >= 0.3 is 0 Å². The molecule has 0 saturated carbocycles. The molecule has 0 aliphatic carbocycles. The van der Waals surface area contributed by atoms with E-state index in [2.05, 4.69) is 16.0 Å². The molecule has 10 heteroatoms. The number of hydrogen-bond donors (Lipinski definition) is 4. The molecular formula is C31H45ClN4O5. The van der Waals surface area contributed by atoms with Crippen LogP contribution in [0.4, 0.5) is 0 Å². The number of benzene rings is 2. The molecule has 0 aromatic heterocycles. The van der Waals surface area contributed by atoms with Gasteiger partial charge in [0.05, 0.1) is 18.7 Å². The molecule has 9 nitrogen and oxygen atoms in total. The highest BCUT2D eigenvalue weighted by Gasteiger charge is 2.35. The van der Waals surface area contributed by atoms with Gasteiger partial charge in [-0.3, -0.25) is 14.4 Å². The average Bonchev–Trinajstić information content (AvgIpc) is 2.95. The van der Waals surface area contributed by atoms with Gasteiger partial charge in [-0.1, -0.05) is 67.8 Å². The van der Waals surface area contributed by atoms with Crippen LogP contribution in [0.3, 0.4) is 0 Å². The van der Waals surface area contributed by atoms with Gasteiger partial charge in [0.1, 0.15) is 18.4 Å². The van der Waals surface area contributed by atoms with Crippen molar-refractivity contribution in [2.24, 2.45) is 5.92 Å². The minimum atomic E-state index is -1.11. The number of aliphatic hydroxyl groups excluding tert-OH is 1. The zero-order valence-corrected chi connectivity index (χ0v) is 25.5. The summed E-state index contributed by atoms with van der Waals surface area (Å²) in [6.45, 7) is 8.51. The van der Waals surface area contributed by atoms with Gasteiger partial charge in [-0.25, -0.2) is 0 Å². The average molecular weight is 589 g/mol. The molecule has 4 unspecified atom stereocenters. The first-order valence-corrected chi connectivity index (χ1v) is 14.6. The molecule has 226 valence electrons. The van der Waals surface area contributed by atoms with E-state index in [9.17, 15) is 19.5 Å². The number of nitrogens with zero attached hydrogens (tertiary/aromatic N) is 1. The number of fused-ring (bicyclic) bond motifs is 1. The fraction of sp³-hybridized carbons (Fsp3) is 0.516. The van der Waals surface area contributed by atoms with Crippen molar-refractivity contribution in [3.05, 3.63) is 64.7 Å². The van der Waals surface area contributed by atoms with Crippen molar-refractivity contribution in [3.8, 4) is 5.75 Å². The molecule has 3 rings (SSSR count). The van der Waals surface area contributed by atoms with Crippen LogP contribution < -0.4 is 20.7 Å². The Bertz CT molecular complexity index is 1090. The number of aliphatic hydroxyl groups is 1. The third kappa shape index (κ3) is 11.3. The van der Waals surface area contributed by atoms with Crippen LogP contribution in [0.15, 0.2) is 48.5 Å². The van der Waals surface area contributed by atoms with E-state index in [0.29, 0.717) is 19.7 Å². The van der Waals surface area contributed by atoms with Crippen molar-refractivity contribution in [3.63, 3.8) is 0 Å². The summed E-state index contributed by atoms with van der Waals surface area (Å²) in [6.07, 6.45) is 1.11. The third-order valence-electron chi connectivity index (χ3n) is 7.05. The summed E-state index contributed by atoms with van der Waals surface area (Å²) < 4.78 is 5.98. The van der Waals surface area contributed by atoms with Crippen LogP contribution in [0, 0.1) is 12.8 Å². The maximum Gasteiger partial charge on any atom is 0.245 e. The largest absolute Gasteiger partial charge is 0.492 e. The summed E-state index contributed by atoms with van der Waals surface area (Å²) in [5.41, 5.74) is 2.30. The number of carbonyl (C=O) groups is 3. The molecule has 0 radical (unpaired) electrons. The summed E-state index contributed by atoms with van der Waals surface area (Å²) in [6, 6.07) is 13.9. The Morgan fingerprint density at radius 1 is 1.05 bits per heavy atom. The molecule has 2 aromatic rings. The fourth-order valence-electron chi connectivity index (χ4n) is 4.44. The van der Waals surface area contributed by atoms with E-state index in [1.165, 1.54) is 24.4 Å². The van der Waals surface area contributed by atoms with Gasteiger partial charge in [0.15, 0.2) is 0 Å². The number of carbonyl (C=O) groups excluding carboxylic acids is 3. The quantitative estimate of drug-likeness (QED) is 0.437. The van der Waals surface area contributed by atoms with Crippen molar-refractivity contribution in [2.75, 3.05) is 33.3 Å². The van der Waals surface area contributed by atoms with Crippen LogP contribution in [0.5, 0.6) is 5.75 Å². The molecule has 0 bridgehead atoms. The summed E-state index contributed by atoms with van der Waals surface area (Å²) in [7, 11) is 1.50. The van der Waals surface area contributed by atoms with Gasteiger partial charge in [-0.2, -0.15) is 0 Å². The van der Waals surface area contributed by atoms with Crippen LogP contribution >= 0.6 is 11.6 Å². The second kappa shape index (κ2) is 17.6. The predicted octanol–water partition coefficient (Wildman–Crippen LogP) is 3.10. The molecule has 1 heterocycles. The lowest BCUT2D eigenvalue weighted by Crippen LogP contribution is -2.59. The van der Waals surface area contributed by atoms with Crippen molar-refractivity contribution in [2.45, 2.75) is 65.1 Å². The highest BCUT2D eigenvalue weighted by Crippen LogP contribution is 2.20. The van der Waals surface area contributed by atoms with Gasteiger partial charge in [-0.15, -0.1) is 0 Å². The van der Waals surface area contributed by atoms with E-state index < -0.39 is 24.1 Å². The first kappa shape index (κ1) is 34.1. The van der Waals surface area contributed by atoms with Crippen molar-refractivity contribution in [1.82, 2.24) is 20.9 Å². The Morgan fingerprint density at radius 2 is 1.73 bits per heavy atom. The molecule has 2 aromatic carbocycles. The molecule has 3 amide bonds. The number of hydrogen-bond acceptors (Lipinski definition) is 6. The number of rotatable bonds is 3. The number of halogens is 1. The smallest absolute Gasteiger partial charge is 0.245 e. The number of nitrogens with one attached hydrogen (secondary N) is 3. The third-order valence-corrected chi connectivity index (χ3v) is 7.30. The van der Waals surface area contributed by atoms with Crippen molar-refractivity contribution in [1.29, 1.82) is 0 Å². The summed E-state index contributed by atoms with van der Waals surface area (Å²) >= 11 is 5.61. The lowest BCUT2D eigenvalue weighted by Gasteiger charge is -2.34. The first-order valence-electron chi connectivity index (χ1n) is 14.2. The highest BCUT2D eigenvalue weighted by molar-refractivity contribution is 6.30. The number of amides is 3. The molecule has 41 heavy (non-hydrogen) atoms. The van der Waals surface area contributed by atoms with Crippen LogP contribution in [-0.4, -0.2) is 79.2 Å². The molecule has 1 aliphatic heterocycles. The van der Waals surface area contributed by atoms with Crippen LogP contribution in [-0.2, 0) is 20.8 Å². The lowest BCUT2D eigenvalue weighted by molar-refractivity contribution is -0.145. The molecule has 0 saturated heterocycles. The molecule has 0 spiro atoms. The van der Waals surface area contributed by atoms with Gasteiger partial charge in [0.25, 0.3) is 0 Å². The Labute approximate surface area is 249 Å². The fourth-order valence-corrected chi connectivity index (χ4v) is 4.57. The number of ether oxygens (including phenoxy) is 1.